The van der Waals surface area contributed by atoms with Gasteiger partial charge in [-0.3, -0.25) is 0 Å². The molecule has 0 amide bonds. The van der Waals surface area contributed by atoms with Gasteiger partial charge in [0.05, 0.1) is 22.8 Å². The lowest BCUT2D eigenvalue weighted by molar-refractivity contribution is -0.288. The fourth-order valence-corrected chi connectivity index (χ4v) is 6.90. The minimum atomic E-state index is -5.79. The predicted molar refractivity (Wildman–Crippen MR) is 210 cm³/mol. The molecule has 0 aliphatic carbocycles. The van der Waals surface area contributed by atoms with Crippen LogP contribution in [0.3, 0.4) is 0 Å². The summed E-state index contributed by atoms with van der Waals surface area (Å²) in [6, 6.07) is 48.7. The highest BCUT2D eigenvalue weighted by atomic mass is 19.4. The molecule has 0 fully saturated rings. The van der Waals surface area contributed by atoms with Crippen LogP contribution in [0.1, 0.15) is 11.1 Å². The van der Waals surface area contributed by atoms with Gasteiger partial charge >= 0.3 is 12.4 Å². The summed E-state index contributed by atoms with van der Waals surface area (Å²) in [4.78, 5) is 18.7. The van der Waals surface area contributed by atoms with Crippen molar-refractivity contribution in [2.45, 2.75) is 17.8 Å². The number of benzene rings is 6. The molecule has 0 aliphatic rings. The average Bonchev–Trinajstić information content (AvgIpc) is 3.24. The van der Waals surface area contributed by atoms with Crippen LogP contribution >= 0.6 is 0 Å². The summed E-state index contributed by atoms with van der Waals surface area (Å²) in [5, 5.41) is 0. The highest BCUT2D eigenvalue weighted by molar-refractivity contribution is 5.73. The van der Waals surface area contributed by atoms with E-state index in [0.717, 1.165) is 46.5 Å². The zero-order valence-corrected chi connectivity index (χ0v) is 29.9. The topological polar surface area (TPSA) is 51.6 Å². The Bertz CT molecular complexity index is 2310. The molecular formula is C47H30F6N4. The van der Waals surface area contributed by atoms with E-state index in [9.17, 15) is 0 Å². The van der Waals surface area contributed by atoms with Crippen LogP contribution in [-0.4, -0.2) is 32.3 Å². The molecule has 0 N–H and O–H groups in total. The first-order valence-corrected chi connectivity index (χ1v) is 17.9. The predicted octanol–water partition coefficient (Wildman–Crippen LogP) is 12.7. The highest BCUT2D eigenvalue weighted by Gasteiger charge is 2.72. The van der Waals surface area contributed by atoms with E-state index in [2.05, 4.69) is 19.9 Å². The van der Waals surface area contributed by atoms with E-state index in [1.165, 1.54) is 24.3 Å². The third kappa shape index (κ3) is 7.17. The average molecular weight is 765 g/mol. The van der Waals surface area contributed by atoms with E-state index >= 15 is 26.3 Å². The highest BCUT2D eigenvalue weighted by Crippen LogP contribution is 2.56. The van der Waals surface area contributed by atoms with Gasteiger partial charge in [-0.2, -0.15) is 26.3 Å². The zero-order valence-electron chi connectivity index (χ0n) is 29.9. The fraction of sp³-hybridized carbons (Fsp3) is 0.0638. The molecule has 0 unspecified atom stereocenters. The summed E-state index contributed by atoms with van der Waals surface area (Å²) < 4.78 is 91.7. The Morgan fingerprint density at radius 1 is 0.281 bits per heavy atom. The molecule has 0 spiro atoms. The third-order valence-electron chi connectivity index (χ3n) is 9.73. The number of hydrogen-bond donors (Lipinski definition) is 0. The molecule has 0 radical (unpaired) electrons. The number of aromatic nitrogens is 4. The Kier molecular flexibility index (Phi) is 9.71. The van der Waals surface area contributed by atoms with Crippen LogP contribution in [-0.2, 0) is 5.41 Å². The quantitative estimate of drug-likeness (QED) is 0.145. The van der Waals surface area contributed by atoms with E-state index in [1.807, 2.05) is 121 Å². The Morgan fingerprint density at radius 3 is 0.754 bits per heavy atom. The fourth-order valence-electron chi connectivity index (χ4n) is 6.90. The summed E-state index contributed by atoms with van der Waals surface area (Å²) >= 11 is 0. The summed E-state index contributed by atoms with van der Waals surface area (Å²) in [6.07, 6.45) is -11.6. The molecule has 6 aromatic carbocycles. The van der Waals surface area contributed by atoms with Crippen molar-refractivity contribution in [2.24, 2.45) is 0 Å². The second-order valence-electron chi connectivity index (χ2n) is 13.3. The van der Waals surface area contributed by atoms with Gasteiger partial charge in [0.2, 0.25) is 5.41 Å². The molecule has 0 saturated heterocycles. The monoisotopic (exact) mass is 764 g/mol. The second kappa shape index (κ2) is 15.0. The summed E-state index contributed by atoms with van der Waals surface area (Å²) in [7, 11) is 0. The standard InChI is InChI=1S/C47H30F6N4/c48-46(49,50)45(47(51,52)53,37-25-21-35(22-26-37)43-54-39(31-13-5-1-6-14-31)29-40(55-43)32-15-7-2-8-16-32)38-27-23-36(24-28-38)44-56-41(33-17-9-3-10-18-33)30-42(57-44)34-19-11-4-12-20-34/h1-30H. The normalized spacial score (nSPS) is 12.0. The Hall–Kier alpha value is -6.94. The number of alkyl halides is 6. The second-order valence-corrected chi connectivity index (χ2v) is 13.3. The third-order valence-corrected chi connectivity index (χ3v) is 9.73. The van der Waals surface area contributed by atoms with Crippen molar-refractivity contribution >= 4 is 0 Å². The van der Waals surface area contributed by atoms with E-state index < -0.39 is 28.9 Å². The van der Waals surface area contributed by atoms with Crippen molar-refractivity contribution in [1.29, 1.82) is 0 Å². The van der Waals surface area contributed by atoms with Crippen LogP contribution in [0.5, 0.6) is 0 Å². The van der Waals surface area contributed by atoms with Crippen LogP contribution in [0, 0.1) is 0 Å². The maximum Gasteiger partial charge on any atom is 0.411 e. The molecule has 8 aromatic rings. The van der Waals surface area contributed by atoms with Gasteiger partial charge in [-0.1, -0.05) is 170 Å². The zero-order chi connectivity index (χ0) is 39.6. The molecule has 8 rings (SSSR count). The van der Waals surface area contributed by atoms with Crippen LogP contribution in [0.25, 0.3) is 67.8 Å². The number of nitrogens with zero attached hydrogens (tertiary/aromatic N) is 4. The van der Waals surface area contributed by atoms with Gasteiger partial charge in [0.15, 0.2) is 11.6 Å². The van der Waals surface area contributed by atoms with Gasteiger partial charge in [-0.25, -0.2) is 19.9 Å². The van der Waals surface area contributed by atoms with E-state index in [1.54, 1.807) is 12.1 Å². The van der Waals surface area contributed by atoms with Crippen molar-refractivity contribution in [3.63, 3.8) is 0 Å². The largest absolute Gasteiger partial charge is 0.411 e. The van der Waals surface area contributed by atoms with Gasteiger partial charge in [0.1, 0.15) is 0 Å². The Morgan fingerprint density at radius 2 is 0.526 bits per heavy atom. The maximum atomic E-state index is 15.3. The van der Waals surface area contributed by atoms with Crippen LogP contribution in [0.2, 0.25) is 0 Å². The minimum Gasteiger partial charge on any atom is -0.228 e. The molecule has 0 aliphatic heterocycles. The SMILES string of the molecule is FC(F)(F)C(c1ccc(-c2nc(-c3ccccc3)cc(-c3ccccc3)n2)cc1)(c1ccc(-c2nc(-c3ccccc3)cc(-c3ccccc3)n2)cc1)C(F)(F)F. The summed E-state index contributed by atoms with van der Waals surface area (Å²) in [5.74, 6) is 0.284. The van der Waals surface area contributed by atoms with E-state index in [-0.39, 0.29) is 22.8 Å². The molecule has 10 heteroatoms. The first-order chi connectivity index (χ1) is 27.5. The van der Waals surface area contributed by atoms with Crippen molar-refractivity contribution < 1.29 is 26.3 Å². The van der Waals surface area contributed by atoms with Gasteiger partial charge in [-0.15, -0.1) is 0 Å². The van der Waals surface area contributed by atoms with Gasteiger partial charge in [0, 0.05) is 33.4 Å². The molecule has 4 nitrogen and oxygen atoms in total. The number of halogens is 6. The first kappa shape index (κ1) is 37.0. The van der Waals surface area contributed by atoms with Crippen LogP contribution < -0.4 is 0 Å². The van der Waals surface area contributed by atoms with Crippen LogP contribution in [0.4, 0.5) is 26.3 Å². The molecule has 2 heterocycles. The van der Waals surface area contributed by atoms with Gasteiger partial charge in [0.25, 0.3) is 0 Å². The molecule has 0 atom stereocenters. The molecular weight excluding hydrogens is 735 g/mol. The summed E-state index contributed by atoms with van der Waals surface area (Å²) in [6.45, 7) is 0. The molecule has 2 aromatic heterocycles. The molecule has 280 valence electrons. The lowest BCUT2D eigenvalue weighted by atomic mass is 9.72. The van der Waals surface area contributed by atoms with Gasteiger partial charge in [-0.05, 0) is 23.3 Å². The maximum absolute atomic E-state index is 15.3. The lowest BCUT2D eigenvalue weighted by Crippen LogP contribution is -2.54. The van der Waals surface area contributed by atoms with Gasteiger partial charge < -0.3 is 0 Å². The first-order valence-electron chi connectivity index (χ1n) is 17.9. The van der Waals surface area contributed by atoms with Crippen molar-refractivity contribution in [3.05, 3.63) is 193 Å². The van der Waals surface area contributed by atoms with Crippen LogP contribution in [0.15, 0.2) is 182 Å². The Balaban J connectivity index is 1.22. The number of hydrogen-bond acceptors (Lipinski definition) is 4. The smallest absolute Gasteiger partial charge is 0.228 e. The number of rotatable bonds is 8. The van der Waals surface area contributed by atoms with Crippen molar-refractivity contribution in [1.82, 2.24) is 19.9 Å². The summed E-state index contributed by atoms with van der Waals surface area (Å²) in [5.41, 5.74) is -0.684. The Labute approximate surface area is 324 Å². The van der Waals surface area contributed by atoms with Crippen molar-refractivity contribution in [3.8, 4) is 67.8 Å². The molecule has 0 bridgehead atoms. The molecule has 57 heavy (non-hydrogen) atoms. The van der Waals surface area contributed by atoms with Crippen molar-refractivity contribution in [2.75, 3.05) is 0 Å². The van der Waals surface area contributed by atoms with E-state index in [4.69, 9.17) is 0 Å². The lowest BCUT2D eigenvalue weighted by Gasteiger charge is -2.38. The molecule has 0 saturated carbocycles. The van der Waals surface area contributed by atoms with E-state index in [0.29, 0.717) is 22.8 Å². The minimum absolute atomic E-state index is 0.142.